The van der Waals surface area contributed by atoms with Gasteiger partial charge in [-0.1, -0.05) is 0 Å². The van der Waals surface area contributed by atoms with Crippen LogP contribution in [0.4, 0.5) is 0 Å². The molecule has 0 spiro atoms. The maximum atomic E-state index is 13.1. The van der Waals surface area contributed by atoms with E-state index in [4.69, 9.17) is 4.74 Å². The van der Waals surface area contributed by atoms with Gasteiger partial charge in [-0.05, 0) is 49.9 Å². The molecule has 5 rings (SSSR count). The maximum Gasteiger partial charge on any atom is 0.255 e. The summed E-state index contributed by atoms with van der Waals surface area (Å²) in [4.78, 5) is 26.1. The number of aryl methyl sites for hydroxylation is 2. The first-order valence-corrected chi connectivity index (χ1v) is 10.5. The highest BCUT2D eigenvalue weighted by Crippen LogP contribution is 2.33. The Morgan fingerprint density at radius 2 is 2.06 bits per heavy atom. The van der Waals surface area contributed by atoms with E-state index < -0.39 is 0 Å². The van der Waals surface area contributed by atoms with E-state index in [9.17, 15) is 14.7 Å². The second-order valence-corrected chi connectivity index (χ2v) is 8.44. The summed E-state index contributed by atoms with van der Waals surface area (Å²) in [5, 5.41) is 13.9. The second-order valence-electron chi connectivity index (χ2n) is 8.44. The minimum absolute atomic E-state index is 0.0529. The molecule has 0 atom stereocenters. The standard InChI is InChI=1S/C24H24N4O4/c1-14-8-17-11-19(5-7-27(17)21(14)13-29)32-22-4-6-25-28-12-20(15(2)23(22)28)24(31)26(3)16-9-18(30)10-16/h4-8,11-13,16,18,30H,9-10H2,1-3H3. The molecule has 1 aliphatic carbocycles. The number of carbonyl (C=O) groups is 2. The lowest BCUT2D eigenvalue weighted by Crippen LogP contribution is -2.47. The molecule has 1 N–H and O–H groups in total. The average molecular weight is 432 g/mol. The summed E-state index contributed by atoms with van der Waals surface area (Å²) in [6.45, 7) is 3.78. The van der Waals surface area contributed by atoms with E-state index in [1.807, 2.05) is 36.6 Å². The van der Waals surface area contributed by atoms with E-state index in [-0.39, 0.29) is 18.1 Å². The van der Waals surface area contributed by atoms with Gasteiger partial charge in [-0.2, -0.15) is 5.10 Å². The number of hydrogen-bond acceptors (Lipinski definition) is 5. The molecule has 32 heavy (non-hydrogen) atoms. The van der Waals surface area contributed by atoms with E-state index in [1.165, 1.54) is 0 Å². The summed E-state index contributed by atoms with van der Waals surface area (Å²) in [5.74, 6) is 1.11. The Labute approximate surface area is 184 Å². The molecular weight excluding hydrogens is 408 g/mol. The number of amides is 1. The number of pyridine rings is 1. The first-order chi connectivity index (χ1) is 15.4. The number of aldehydes is 1. The molecule has 4 heterocycles. The third-order valence-corrected chi connectivity index (χ3v) is 6.40. The molecule has 1 saturated carbocycles. The summed E-state index contributed by atoms with van der Waals surface area (Å²) in [6, 6.07) is 7.43. The monoisotopic (exact) mass is 432 g/mol. The number of aliphatic hydroxyl groups is 1. The summed E-state index contributed by atoms with van der Waals surface area (Å²) < 4.78 is 9.67. The first kappa shape index (κ1) is 20.3. The number of nitrogens with zero attached hydrogens (tertiary/aromatic N) is 4. The Morgan fingerprint density at radius 1 is 1.28 bits per heavy atom. The molecule has 1 aliphatic rings. The predicted molar refractivity (Wildman–Crippen MR) is 119 cm³/mol. The van der Waals surface area contributed by atoms with Crippen molar-refractivity contribution in [2.45, 2.75) is 38.8 Å². The van der Waals surface area contributed by atoms with E-state index in [2.05, 4.69) is 5.10 Å². The van der Waals surface area contributed by atoms with Gasteiger partial charge in [0.25, 0.3) is 5.91 Å². The molecule has 0 saturated heterocycles. The van der Waals surface area contributed by atoms with Gasteiger partial charge in [0, 0.05) is 43.1 Å². The third-order valence-electron chi connectivity index (χ3n) is 6.40. The zero-order valence-corrected chi connectivity index (χ0v) is 18.1. The maximum absolute atomic E-state index is 13.1. The van der Waals surface area contributed by atoms with Crippen molar-refractivity contribution in [2.24, 2.45) is 0 Å². The number of carbonyl (C=O) groups excluding carboxylic acids is 2. The summed E-state index contributed by atoms with van der Waals surface area (Å²) in [7, 11) is 1.77. The van der Waals surface area contributed by atoms with Crippen LogP contribution in [-0.2, 0) is 0 Å². The van der Waals surface area contributed by atoms with Crippen molar-refractivity contribution < 1.29 is 19.4 Å². The van der Waals surface area contributed by atoms with Crippen LogP contribution < -0.4 is 4.74 Å². The molecule has 8 heteroatoms. The van der Waals surface area contributed by atoms with Gasteiger partial charge in [0.1, 0.15) is 11.3 Å². The van der Waals surface area contributed by atoms with E-state index >= 15 is 0 Å². The van der Waals surface area contributed by atoms with Gasteiger partial charge in [0.05, 0.1) is 23.6 Å². The van der Waals surface area contributed by atoms with Crippen LogP contribution >= 0.6 is 0 Å². The van der Waals surface area contributed by atoms with Crippen molar-refractivity contribution in [2.75, 3.05) is 7.05 Å². The van der Waals surface area contributed by atoms with E-state index in [1.54, 1.807) is 41.0 Å². The van der Waals surface area contributed by atoms with E-state index in [0.717, 1.165) is 28.4 Å². The number of aliphatic hydroxyl groups excluding tert-OH is 1. The first-order valence-electron chi connectivity index (χ1n) is 10.5. The van der Waals surface area contributed by atoms with Crippen molar-refractivity contribution >= 4 is 23.2 Å². The molecule has 4 aromatic heterocycles. The Morgan fingerprint density at radius 3 is 2.78 bits per heavy atom. The van der Waals surface area contributed by atoms with Crippen LogP contribution in [0, 0.1) is 13.8 Å². The van der Waals surface area contributed by atoms with Crippen molar-refractivity contribution in [1.82, 2.24) is 18.9 Å². The SMILES string of the molecule is Cc1cc2cc(Oc3ccnn4cc(C(=O)N(C)C5CC(O)C5)c(C)c34)ccn2c1C=O. The number of ether oxygens (including phenoxy) is 1. The topological polar surface area (TPSA) is 88.6 Å². The number of hydrogen-bond donors (Lipinski definition) is 1. The lowest BCUT2D eigenvalue weighted by Gasteiger charge is -2.38. The minimum Gasteiger partial charge on any atom is -0.455 e. The van der Waals surface area contributed by atoms with Crippen LogP contribution in [0.2, 0.25) is 0 Å². The van der Waals surface area contributed by atoms with Gasteiger partial charge >= 0.3 is 0 Å². The van der Waals surface area contributed by atoms with Crippen LogP contribution in [0.15, 0.2) is 42.9 Å². The van der Waals surface area contributed by atoms with Crippen LogP contribution in [0.5, 0.6) is 11.5 Å². The van der Waals surface area contributed by atoms with Crippen molar-refractivity contribution in [3.8, 4) is 11.5 Å². The Balaban J connectivity index is 1.49. The molecule has 164 valence electrons. The zero-order chi connectivity index (χ0) is 22.6. The van der Waals surface area contributed by atoms with Gasteiger partial charge in [-0.3, -0.25) is 9.59 Å². The highest BCUT2D eigenvalue weighted by molar-refractivity contribution is 5.98. The van der Waals surface area contributed by atoms with Crippen LogP contribution in [-0.4, -0.2) is 55.4 Å². The molecule has 1 amide bonds. The fourth-order valence-corrected chi connectivity index (χ4v) is 4.41. The smallest absolute Gasteiger partial charge is 0.255 e. The number of fused-ring (bicyclic) bond motifs is 2. The third kappa shape index (κ3) is 3.15. The Kier molecular flexibility index (Phi) is 4.74. The minimum atomic E-state index is -0.324. The average Bonchev–Trinajstić information content (AvgIpc) is 3.26. The normalized spacial score (nSPS) is 18.0. The lowest BCUT2D eigenvalue weighted by atomic mass is 9.88. The van der Waals surface area contributed by atoms with Gasteiger partial charge in [-0.25, -0.2) is 4.52 Å². The molecule has 4 aromatic rings. The number of rotatable bonds is 5. The molecule has 1 fully saturated rings. The van der Waals surface area contributed by atoms with Gasteiger partial charge in [0.2, 0.25) is 0 Å². The molecule has 0 aliphatic heterocycles. The van der Waals surface area contributed by atoms with Crippen molar-refractivity contribution in [3.05, 3.63) is 65.2 Å². The molecule has 0 bridgehead atoms. The fraction of sp³-hybridized carbons (Fsp3) is 0.292. The Hall–Kier alpha value is -3.65. The van der Waals surface area contributed by atoms with Gasteiger partial charge < -0.3 is 19.1 Å². The summed E-state index contributed by atoms with van der Waals surface area (Å²) in [5.41, 5.74) is 4.44. The number of aromatic nitrogens is 3. The van der Waals surface area contributed by atoms with Gasteiger partial charge in [0.15, 0.2) is 12.0 Å². The highest BCUT2D eigenvalue weighted by atomic mass is 16.5. The summed E-state index contributed by atoms with van der Waals surface area (Å²) in [6.07, 6.45) is 6.90. The van der Waals surface area contributed by atoms with E-state index in [0.29, 0.717) is 35.6 Å². The van der Waals surface area contributed by atoms with Crippen LogP contribution in [0.3, 0.4) is 0 Å². The zero-order valence-electron chi connectivity index (χ0n) is 18.1. The van der Waals surface area contributed by atoms with Crippen molar-refractivity contribution in [3.63, 3.8) is 0 Å². The predicted octanol–water partition coefficient (Wildman–Crippen LogP) is 3.40. The quantitative estimate of drug-likeness (QED) is 0.488. The lowest BCUT2D eigenvalue weighted by molar-refractivity contribution is 0.0132. The van der Waals surface area contributed by atoms with Crippen LogP contribution in [0.1, 0.15) is 44.8 Å². The van der Waals surface area contributed by atoms with Crippen molar-refractivity contribution in [1.29, 1.82) is 0 Å². The fourth-order valence-electron chi connectivity index (χ4n) is 4.41. The highest BCUT2D eigenvalue weighted by Gasteiger charge is 2.34. The largest absolute Gasteiger partial charge is 0.455 e. The summed E-state index contributed by atoms with van der Waals surface area (Å²) >= 11 is 0. The second kappa shape index (κ2) is 7.49. The Bertz CT molecular complexity index is 1360. The molecular formula is C24H24N4O4. The van der Waals surface area contributed by atoms with Gasteiger partial charge in [-0.15, -0.1) is 0 Å². The molecule has 0 unspecified atom stereocenters. The molecule has 8 nitrogen and oxygen atoms in total. The molecule has 0 aromatic carbocycles. The molecule has 0 radical (unpaired) electrons. The van der Waals surface area contributed by atoms with Crippen LogP contribution in [0.25, 0.3) is 11.0 Å².